The Labute approximate surface area is 223 Å². The maximum absolute atomic E-state index is 14.1. The van der Waals surface area contributed by atoms with Gasteiger partial charge in [0.05, 0.1) is 30.3 Å². The van der Waals surface area contributed by atoms with Crippen LogP contribution >= 0.6 is 0 Å². The summed E-state index contributed by atoms with van der Waals surface area (Å²) in [6.07, 6.45) is 8.18. The molecule has 3 aromatic rings. The summed E-state index contributed by atoms with van der Waals surface area (Å²) < 4.78 is 7.29. The van der Waals surface area contributed by atoms with Crippen molar-refractivity contribution in [3.8, 4) is 5.69 Å². The van der Waals surface area contributed by atoms with E-state index in [1.807, 2.05) is 42.6 Å². The lowest BCUT2D eigenvalue weighted by atomic mass is 9.81. The van der Waals surface area contributed by atoms with E-state index < -0.39 is 0 Å². The third-order valence-electron chi connectivity index (χ3n) is 8.51. The average Bonchev–Trinajstić information content (AvgIpc) is 3.65. The molecular weight excluding hydrogens is 478 g/mol. The molecule has 3 aliphatic rings. The Morgan fingerprint density at radius 1 is 1.05 bits per heavy atom. The molecule has 1 saturated carbocycles. The smallest absolute Gasteiger partial charge is 0.251 e. The number of benzene rings is 2. The predicted octanol–water partition coefficient (Wildman–Crippen LogP) is 4.19. The number of rotatable bonds is 6. The SMILES string of the molecule is COC[C@@H]1Nc2ccccc2[C@H]2[C@@H]1CCN2C(=O)[C@H]1CCCC[C@H]1NC(=O)c1ccc(-n2cccn2)cc1. The molecule has 8 heteroatoms. The van der Waals surface area contributed by atoms with Crippen LogP contribution in [-0.2, 0) is 9.53 Å². The second kappa shape index (κ2) is 10.6. The molecule has 2 N–H and O–H groups in total. The Morgan fingerprint density at radius 2 is 1.87 bits per heavy atom. The highest BCUT2D eigenvalue weighted by molar-refractivity contribution is 5.95. The first-order chi connectivity index (χ1) is 18.6. The van der Waals surface area contributed by atoms with Gasteiger partial charge >= 0.3 is 0 Å². The van der Waals surface area contributed by atoms with Crippen molar-refractivity contribution in [3.05, 3.63) is 78.1 Å². The fourth-order valence-electron chi connectivity index (χ4n) is 6.67. The minimum atomic E-state index is -0.210. The van der Waals surface area contributed by atoms with Crippen molar-refractivity contribution in [1.29, 1.82) is 0 Å². The van der Waals surface area contributed by atoms with E-state index in [1.54, 1.807) is 18.0 Å². The Kier molecular flexibility index (Phi) is 6.89. The van der Waals surface area contributed by atoms with Crippen molar-refractivity contribution in [3.63, 3.8) is 0 Å². The molecule has 0 spiro atoms. The number of fused-ring (bicyclic) bond motifs is 3. The number of aromatic nitrogens is 2. The first-order valence-electron chi connectivity index (χ1n) is 13.7. The predicted molar refractivity (Wildman–Crippen MR) is 145 cm³/mol. The van der Waals surface area contributed by atoms with Crippen molar-refractivity contribution in [2.75, 3.05) is 25.6 Å². The van der Waals surface area contributed by atoms with E-state index in [1.165, 1.54) is 5.56 Å². The molecule has 0 radical (unpaired) electrons. The normalized spacial score (nSPS) is 26.2. The molecule has 0 unspecified atom stereocenters. The minimum absolute atomic E-state index is 0.0354. The topological polar surface area (TPSA) is 88.5 Å². The first kappa shape index (κ1) is 24.7. The summed E-state index contributed by atoms with van der Waals surface area (Å²) in [7, 11) is 1.73. The van der Waals surface area contributed by atoms with Crippen molar-refractivity contribution in [2.24, 2.45) is 11.8 Å². The van der Waals surface area contributed by atoms with Gasteiger partial charge in [0.2, 0.25) is 5.91 Å². The number of nitrogens with zero attached hydrogens (tertiary/aromatic N) is 3. The molecular formula is C30H35N5O3. The van der Waals surface area contributed by atoms with Crippen LogP contribution in [0.25, 0.3) is 5.69 Å². The molecule has 1 saturated heterocycles. The first-order valence-corrected chi connectivity index (χ1v) is 13.7. The summed E-state index contributed by atoms with van der Waals surface area (Å²) in [6, 6.07) is 17.6. The maximum atomic E-state index is 14.1. The Bertz CT molecular complexity index is 1280. The average molecular weight is 514 g/mol. The second-order valence-corrected chi connectivity index (χ2v) is 10.7. The van der Waals surface area contributed by atoms with Gasteiger partial charge in [-0.25, -0.2) is 4.68 Å². The number of ether oxygens (including phenoxy) is 1. The summed E-state index contributed by atoms with van der Waals surface area (Å²) >= 11 is 0. The van der Waals surface area contributed by atoms with Crippen molar-refractivity contribution < 1.29 is 14.3 Å². The highest BCUT2D eigenvalue weighted by Gasteiger charge is 2.48. The lowest BCUT2D eigenvalue weighted by molar-refractivity contribution is -0.139. The molecule has 2 fully saturated rings. The molecule has 5 atom stereocenters. The largest absolute Gasteiger partial charge is 0.383 e. The van der Waals surface area contributed by atoms with Crippen LogP contribution in [-0.4, -0.2) is 58.8 Å². The monoisotopic (exact) mass is 513 g/mol. The van der Waals surface area contributed by atoms with Crippen LogP contribution < -0.4 is 10.6 Å². The summed E-state index contributed by atoms with van der Waals surface area (Å²) in [5.74, 6) is 0.134. The van der Waals surface area contributed by atoms with Gasteiger partial charge in [-0.1, -0.05) is 31.0 Å². The molecule has 1 aliphatic carbocycles. The number of carbonyl (C=O) groups excluding carboxylic acids is 2. The third kappa shape index (κ3) is 4.58. The Morgan fingerprint density at radius 3 is 2.66 bits per heavy atom. The van der Waals surface area contributed by atoms with Gasteiger partial charge < -0.3 is 20.3 Å². The minimum Gasteiger partial charge on any atom is -0.383 e. The van der Waals surface area contributed by atoms with E-state index in [-0.39, 0.29) is 35.9 Å². The summed E-state index contributed by atoms with van der Waals surface area (Å²) in [6.45, 7) is 1.34. The number of hydrogen-bond donors (Lipinski definition) is 2. The van der Waals surface area contributed by atoms with E-state index >= 15 is 0 Å². The molecule has 2 aliphatic heterocycles. The highest BCUT2D eigenvalue weighted by Crippen LogP contribution is 2.47. The van der Waals surface area contributed by atoms with E-state index in [2.05, 4.69) is 38.8 Å². The summed E-state index contributed by atoms with van der Waals surface area (Å²) in [4.78, 5) is 29.5. The zero-order valence-electron chi connectivity index (χ0n) is 21.8. The number of amides is 2. The summed E-state index contributed by atoms with van der Waals surface area (Å²) in [5.41, 5.74) is 3.76. The highest BCUT2D eigenvalue weighted by atomic mass is 16.5. The maximum Gasteiger partial charge on any atom is 0.251 e. The van der Waals surface area contributed by atoms with Gasteiger partial charge in [-0.15, -0.1) is 0 Å². The van der Waals surface area contributed by atoms with E-state index in [4.69, 9.17) is 4.74 Å². The van der Waals surface area contributed by atoms with Crippen LogP contribution in [0.5, 0.6) is 0 Å². The number of hydrogen-bond acceptors (Lipinski definition) is 5. The molecule has 3 heterocycles. The zero-order chi connectivity index (χ0) is 26.1. The quantitative estimate of drug-likeness (QED) is 0.516. The van der Waals surface area contributed by atoms with E-state index in [0.717, 1.165) is 50.0 Å². The van der Waals surface area contributed by atoms with Crippen LogP contribution in [0.3, 0.4) is 0 Å². The van der Waals surface area contributed by atoms with Gasteiger partial charge in [-0.05, 0) is 61.2 Å². The molecule has 198 valence electrons. The number of anilines is 1. The fraction of sp³-hybridized carbons (Fsp3) is 0.433. The lowest BCUT2D eigenvalue weighted by Gasteiger charge is -2.41. The molecule has 8 nitrogen and oxygen atoms in total. The zero-order valence-corrected chi connectivity index (χ0v) is 21.8. The van der Waals surface area contributed by atoms with Gasteiger partial charge in [0, 0.05) is 49.3 Å². The molecule has 0 bridgehead atoms. The lowest BCUT2D eigenvalue weighted by Crippen LogP contribution is -2.50. The number of para-hydroxylation sites is 1. The van der Waals surface area contributed by atoms with Crippen LogP contribution in [0.15, 0.2) is 67.0 Å². The van der Waals surface area contributed by atoms with Gasteiger partial charge in [-0.3, -0.25) is 9.59 Å². The Hall–Kier alpha value is -3.65. The van der Waals surface area contributed by atoms with Gasteiger partial charge in [-0.2, -0.15) is 5.10 Å². The van der Waals surface area contributed by atoms with E-state index in [9.17, 15) is 9.59 Å². The molecule has 1 aromatic heterocycles. The molecule has 2 amide bonds. The second-order valence-electron chi connectivity index (χ2n) is 10.7. The van der Waals surface area contributed by atoms with Crippen molar-refractivity contribution >= 4 is 17.5 Å². The fourth-order valence-corrected chi connectivity index (χ4v) is 6.67. The number of nitrogens with one attached hydrogen (secondary N) is 2. The third-order valence-corrected chi connectivity index (χ3v) is 8.51. The van der Waals surface area contributed by atoms with E-state index in [0.29, 0.717) is 18.1 Å². The number of carbonyl (C=O) groups is 2. The van der Waals surface area contributed by atoms with Gasteiger partial charge in [0.1, 0.15) is 0 Å². The molecule has 2 aromatic carbocycles. The number of likely N-dealkylation sites (tertiary alicyclic amines) is 1. The standard InChI is InChI=1S/C30H35N5O3/c1-38-19-27-23-15-18-34(28(23)22-7-2-4-9-25(22)32-27)30(37)24-8-3-5-10-26(24)33-29(36)20-11-13-21(14-12-20)35-17-6-16-31-35/h2,4,6-7,9,11-14,16-17,23-24,26-28,32H,3,5,8,10,15,18-19H2,1H3,(H,33,36)/t23-,24+,26-,27+,28+/m1/s1. The molecule has 6 rings (SSSR count). The molecule has 38 heavy (non-hydrogen) atoms. The van der Waals surface area contributed by atoms with Crippen molar-refractivity contribution in [2.45, 2.75) is 50.2 Å². The number of methoxy groups -OCH3 is 1. The van der Waals surface area contributed by atoms with Crippen LogP contribution in [0.2, 0.25) is 0 Å². The van der Waals surface area contributed by atoms with Crippen LogP contribution in [0, 0.1) is 11.8 Å². The van der Waals surface area contributed by atoms with Crippen molar-refractivity contribution in [1.82, 2.24) is 20.0 Å². The van der Waals surface area contributed by atoms with Gasteiger partial charge in [0.15, 0.2) is 0 Å². The van der Waals surface area contributed by atoms with Gasteiger partial charge in [0.25, 0.3) is 5.91 Å². The van der Waals surface area contributed by atoms with Crippen LogP contribution in [0.4, 0.5) is 5.69 Å². The van der Waals surface area contributed by atoms with Crippen LogP contribution in [0.1, 0.15) is 54.1 Å². The summed E-state index contributed by atoms with van der Waals surface area (Å²) in [5, 5.41) is 11.1. The Balaban J connectivity index is 1.20.